The van der Waals surface area contributed by atoms with E-state index in [4.69, 9.17) is 14.2 Å². The van der Waals surface area contributed by atoms with Crippen molar-refractivity contribution in [3.63, 3.8) is 0 Å². The van der Waals surface area contributed by atoms with Crippen LogP contribution in [0.2, 0.25) is 0 Å². The van der Waals surface area contributed by atoms with E-state index in [9.17, 15) is 4.79 Å². The van der Waals surface area contributed by atoms with Crippen LogP contribution in [0.3, 0.4) is 0 Å². The Morgan fingerprint density at radius 3 is 2.25 bits per heavy atom. The molecule has 6 heteroatoms. The molecule has 148 valence electrons. The molecule has 0 fully saturated rings. The summed E-state index contributed by atoms with van der Waals surface area (Å²) in [6.07, 6.45) is 5.35. The Kier molecular flexibility index (Phi) is 9.14. The summed E-state index contributed by atoms with van der Waals surface area (Å²) in [5.41, 5.74) is 3.27. The van der Waals surface area contributed by atoms with E-state index in [1.807, 2.05) is 36.4 Å². The zero-order valence-corrected chi connectivity index (χ0v) is 16.1. The summed E-state index contributed by atoms with van der Waals surface area (Å²) in [4.78, 5) is 11.8. The van der Waals surface area contributed by atoms with Crippen molar-refractivity contribution in [1.82, 2.24) is 5.43 Å². The number of carbonyl (C=O) groups excluding carboxylic acids is 1. The minimum atomic E-state index is -0.342. The summed E-state index contributed by atoms with van der Waals surface area (Å²) in [5, 5.41) is 3.92. The van der Waals surface area contributed by atoms with Crippen LogP contribution in [0, 0.1) is 0 Å². The number of carbonyl (C=O) groups is 1. The molecule has 28 heavy (non-hydrogen) atoms. The highest BCUT2D eigenvalue weighted by Gasteiger charge is 2.02. The van der Waals surface area contributed by atoms with Gasteiger partial charge >= 0.3 is 0 Å². The van der Waals surface area contributed by atoms with Gasteiger partial charge in [0.1, 0.15) is 23.9 Å². The van der Waals surface area contributed by atoms with E-state index in [0.29, 0.717) is 19.0 Å². The van der Waals surface area contributed by atoms with Gasteiger partial charge in [0.2, 0.25) is 0 Å². The summed E-state index contributed by atoms with van der Waals surface area (Å²) in [6.45, 7) is 6.75. The Bertz CT molecular complexity index is 755. The quantitative estimate of drug-likeness (QED) is 0.261. The van der Waals surface area contributed by atoms with Crippen LogP contribution < -0.4 is 19.6 Å². The fraction of sp³-hybridized carbons (Fsp3) is 0.273. The lowest BCUT2D eigenvalue weighted by molar-refractivity contribution is -0.123. The van der Waals surface area contributed by atoms with E-state index in [0.717, 1.165) is 29.9 Å². The zero-order valence-electron chi connectivity index (χ0n) is 16.1. The van der Waals surface area contributed by atoms with Gasteiger partial charge in [-0.2, -0.15) is 5.10 Å². The first-order chi connectivity index (χ1) is 13.7. The third-order valence-corrected chi connectivity index (χ3v) is 3.61. The zero-order chi connectivity index (χ0) is 20.0. The first-order valence-electron chi connectivity index (χ1n) is 9.22. The van der Waals surface area contributed by atoms with Gasteiger partial charge in [-0.15, -0.1) is 0 Å². The Balaban J connectivity index is 1.70. The second-order valence-corrected chi connectivity index (χ2v) is 5.92. The molecule has 0 aliphatic rings. The number of benzene rings is 2. The maximum Gasteiger partial charge on any atom is 0.277 e. The predicted octanol–water partition coefficient (Wildman–Crippen LogP) is 3.96. The Morgan fingerprint density at radius 2 is 1.61 bits per heavy atom. The van der Waals surface area contributed by atoms with Gasteiger partial charge in [-0.25, -0.2) is 5.43 Å². The summed E-state index contributed by atoms with van der Waals surface area (Å²) < 4.78 is 16.4. The van der Waals surface area contributed by atoms with Gasteiger partial charge in [0, 0.05) is 0 Å². The number of hydrogen-bond donors (Lipinski definition) is 1. The lowest BCUT2D eigenvalue weighted by Gasteiger charge is -2.08. The largest absolute Gasteiger partial charge is 0.494 e. The molecule has 0 aromatic heterocycles. The summed E-state index contributed by atoms with van der Waals surface area (Å²) in [7, 11) is 0. The van der Waals surface area contributed by atoms with Crippen LogP contribution in [-0.4, -0.2) is 31.9 Å². The van der Waals surface area contributed by atoms with Gasteiger partial charge in [-0.3, -0.25) is 4.79 Å². The van der Waals surface area contributed by atoms with Gasteiger partial charge < -0.3 is 14.2 Å². The lowest BCUT2D eigenvalue weighted by atomic mass is 10.2. The molecule has 0 aliphatic carbocycles. The predicted molar refractivity (Wildman–Crippen MR) is 110 cm³/mol. The van der Waals surface area contributed by atoms with E-state index < -0.39 is 0 Å². The molecular formula is C22H26N2O4. The Morgan fingerprint density at radius 1 is 1.00 bits per heavy atom. The van der Waals surface area contributed by atoms with Gasteiger partial charge in [0.15, 0.2) is 6.61 Å². The highest BCUT2D eigenvalue weighted by molar-refractivity contribution is 5.83. The van der Waals surface area contributed by atoms with Crippen molar-refractivity contribution >= 4 is 12.1 Å². The van der Waals surface area contributed by atoms with Crippen molar-refractivity contribution in [2.24, 2.45) is 5.10 Å². The van der Waals surface area contributed by atoms with Crippen molar-refractivity contribution in [3.05, 3.63) is 66.7 Å². The molecule has 2 aromatic carbocycles. The van der Waals surface area contributed by atoms with Crippen LogP contribution in [0.5, 0.6) is 17.2 Å². The molecule has 1 N–H and O–H groups in total. The summed E-state index contributed by atoms with van der Waals surface area (Å²) in [6, 6.07) is 14.5. The van der Waals surface area contributed by atoms with Crippen molar-refractivity contribution in [2.45, 2.75) is 19.8 Å². The molecule has 0 radical (unpaired) electrons. The molecule has 0 bridgehead atoms. The normalized spacial score (nSPS) is 10.5. The highest BCUT2D eigenvalue weighted by Crippen LogP contribution is 2.17. The summed E-state index contributed by atoms with van der Waals surface area (Å²) >= 11 is 0. The van der Waals surface area contributed by atoms with Gasteiger partial charge in [-0.1, -0.05) is 26.0 Å². The number of unbranched alkanes of at least 4 members (excludes halogenated alkanes) is 1. The number of rotatable bonds is 12. The second-order valence-electron chi connectivity index (χ2n) is 5.92. The molecule has 0 unspecified atom stereocenters. The lowest BCUT2D eigenvalue weighted by Crippen LogP contribution is -2.24. The van der Waals surface area contributed by atoms with Gasteiger partial charge in [0.25, 0.3) is 5.91 Å². The number of nitrogens with one attached hydrogen (secondary N) is 1. The van der Waals surface area contributed by atoms with Crippen molar-refractivity contribution in [2.75, 3.05) is 19.8 Å². The van der Waals surface area contributed by atoms with Crippen LogP contribution in [0.4, 0.5) is 0 Å². The van der Waals surface area contributed by atoms with E-state index in [-0.39, 0.29) is 12.5 Å². The molecule has 1 amide bonds. The number of ether oxygens (including phenoxy) is 3. The van der Waals surface area contributed by atoms with E-state index in [2.05, 4.69) is 24.0 Å². The minimum Gasteiger partial charge on any atom is -0.494 e. The van der Waals surface area contributed by atoms with Crippen LogP contribution in [0.25, 0.3) is 0 Å². The highest BCUT2D eigenvalue weighted by atomic mass is 16.5. The van der Waals surface area contributed by atoms with Crippen LogP contribution in [0.1, 0.15) is 25.3 Å². The van der Waals surface area contributed by atoms with Crippen LogP contribution >= 0.6 is 0 Å². The first-order valence-corrected chi connectivity index (χ1v) is 9.22. The second kappa shape index (κ2) is 12.2. The molecule has 0 atom stereocenters. The SMILES string of the molecule is C=CCOc1ccc(C=NNC(=O)COc2ccc(OCCCC)cc2)cc1. The van der Waals surface area contributed by atoms with Gasteiger partial charge in [0.05, 0.1) is 12.8 Å². The topological polar surface area (TPSA) is 69.2 Å². The standard InChI is InChI=1S/C22H26N2O4/c1-3-5-15-27-20-10-12-21(13-11-20)28-17-22(25)24-23-16-18-6-8-19(9-7-18)26-14-4-2/h4,6-13,16H,2-3,5,14-15,17H2,1H3,(H,24,25). The maximum atomic E-state index is 11.8. The molecule has 2 aromatic rings. The van der Waals surface area contributed by atoms with E-state index in [1.54, 1.807) is 24.4 Å². The molecule has 2 rings (SSSR count). The molecule has 0 saturated heterocycles. The Hall–Kier alpha value is -3.28. The van der Waals surface area contributed by atoms with Crippen molar-refractivity contribution in [1.29, 1.82) is 0 Å². The fourth-order valence-electron chi connectivity index (χ4n) is 2.13. The molecule has 6 nitrogen and oxygen atoms in total. The number of hydrazone groups is 1. The third kappa shape index (κ3) is 7.95. The Labute approximate surface area is 165 Å². The summed E-state index contributed by atoms with van der Waals surface area (Å²) in [5.74, 6) is 1.79. The van der Waals surface area contributed by atoms with Crippen LogP contribution in [-0.2, 0) is 4.79 Å². The third-order valence-electron chi connectivity index (χ3n) is 3.61. The fourth-order valence-corrected chi connectivity index (χ4v) is 2.13. The molecule has 0 saturated carbocycles. The number of nitrogens with zero attached hydrogens (tertiary/aromatic N) is 1. The number of amides is 1. The maximum absolute atomic E-state index is 11.8. The van der Waals surface area contributed by atoms with Crippen LogP contribution in [0.15, 0.2) is 66.3 Å². The molecule has 0 spiro atoms. The van der Waals surface area contributed by atoms with Crippen molar-refractivity contribution < 1.29 is 19.0 Å². The van der Waals surface area contributed by atoms with Crippen molar-refractivity contribution in [3.8, 4) is 17.2 Å². The molecule has 0 aliphatic heterocycles. The average Bonchev–Trinajstić information content (AvgIpc) is 2.73. The number of hydrogen-bond acceptors (Lipinski definition) is 5. The average molecular weight is 382 g/mol. The first kappa shape index (κ1) is 21.0. The smallest absolute Gasteiger partial charge is 0.277 e. The molecular weight excluding hydrogens is 356 g/mol. The minimum absolute atomic E-state index is 0.123. The van der Waals surface area contributed by atoms with E-state index in [1.165, 1.54) is 0 Å². The molecule has 0 heterocycles. The monoisotopic (exact) mass is 382 g/mol. The van der Waals surface area contributed by atoms with Gasteiger partial charge in [-0.05, 0) is 60.5 Å². The van der Waals surface area contributed by atoms with E-state index >= 15 is 0 Å².